The van der Waals surface area contributed by atoms with Gasteiger partial charge in [0.15, 0.2) is 0 Å². The van der Waals surface area contributed by atoms with Crippen molar-refractivity contribution in [2.45, 2.75) is 27.1 Å². The fraction of sp³-hybridized carbons (Fsp3) is 0.368. The van der Waals surface area contributed by atoms with Crippen molar-refractivity contribution in [1.29, 1.82) is 0 Å². The van der Waals surface area contributed by atoms with Crippen LogP contribution in [0.3, 0.4) is 0 Å². The molecule has 1 saturated heterocycles. The summed E-state index contributed by atoms with van der Waals surface area (Å²) in [5.41, 5.74) is 14.7. The third-order valence-electron chi connectivity index (χ3n) is 4.49. The van der Waals surface area contributed by atoms with E-state index >= 15 is 0 Å². The van der Waals surface area contributed by atoms with Gasteiger partial charge in [0.1, 0.15) is 5.75 Å². The van der Waals surface area contributed by atoms with E-state index in [-0.39, 0.29) is 26.2 Å². The quantitative estimate of drug-likeness (QED) is 0.770. The molecule has 5 heteroatoms. The van der Waals surface area contributed by atoms with E-state index in [4.69, 9.17) is 10.5 Å². The summed E-state index contributed by atoms with van der Waals surface area (Å²) in [5, 5.41) is 0. The van der Waals surface area contributed by atoms with E-state index < -0.39 is 6.29 Å². The molecule has 1 atom stereocenters. The molecule has 2 aromatic carbocycles. The van der Waals surface area contributed by atoms with Gasteiger partial charge in [-0.1, -0.05) is 29.8 Å². The molecular formula is C19H24N3OZr-. The number of hydrogen-bond acceptors (Lipinski definition) is 3. The molecule has 1 fully saturated rings. The zero-order valence-electron chi connectivity index (χ0n) is 14.8. The second-order valence-corrected chi connectivity index (χ2v) is 6.18. The predicted molar refractivity (Wildman–Crippen MR) is 96.4 cm³/mol. The third-order valence-corrected chi connectivity index (χ3v) is 4.49. The molecule has 126 valence electrons. The van der Waals surface area contributed by atoms with Crippen LogP contribution < -0.4 is 14.5 Å². The molecule has 0 aliphatic carbocycles. The molecule has 1 N–H and O–H groups in total. The number of nitrogens with one attached hydrogen (secondary N) is 1. The molecule has 0 aromatic heterocycles. The number of benzene rings is 2. The van der Waals surface area contributed by atoms with E-state index in [1.165, 1.54) is 22.4 Å². The van der Waals surface area contributed by atoms with E-state index in [9.17, 15) is 0 Å². The SMILES string of the molecule is COc1ccccc1N1CCN(c2c(C)cc(C)cc2C)C1[NH-].[Zr]. The van der Waals surface area contributed by atoms with Crippen LogP contribution in [0, 0.1) is 20.8 Å². The van der Waals surface area contributed by atoms with Crippen LogP contribution in [0.4, 0.5) is 11.4 Å². The van der Waals surface area contributed by atoms with Crippen LogP contribution in [0.5, 0.6) is 5.75 Å². The van der Waals surface area contributed by atoms with Gasteiger partial charge in [0.25, 0.3) is 0 Å². The van der Waals surface area contributed by atoms with Gasteiger partial charge in [0.2, 0.25) is 0 Å². The Morgan fingerprint density at radius 2 is 1.58 bits per heavy atom. The first-order valence-corrected chi connectivity index (χ1v) is 7.98. The van der Waals surface area contributed by atoms with E-state index in [2.05, 4.69) is 42.7 Å². The van der Waals surface area contributed by atoms with Gasteiger partial charge in [-0.25, -0.2) is 0 Å². The molecule has 1 aliphatic rings. The number of ether oxygens (including phenoxy) is 1. The smallest absolute Gasteiger partial charge is 0.142 e. The van der Waals surface area contributed by atoms with Gasteiger partial charge in [0.05, 0.1) is 12.8 Å². The van der Waals surface area contributed by atoms with Crippen molar-refractivity contribution in [3.05, 3.63) is 58.8 Å². The van der Waals surface area contributed by atoms with Crippen molar-refractivity contribution in [2.75, 3.05) is 30.0 Å². The predicted octanol–water partition coefficient (Wildman–Crippen LogP) is 4.28. The van der Waals surface area contributed by atoms with E-state index in [1.54, 1.807) is 7.11 Å². The van der Waals surface area contributed by atoms with Crippen molar-refractivity contribution >= 4 is 11.4 Å². The van der Waals surface area contributed by atoms with E-state index in [0.29, 0.717) is 0 Å². The van der Waals surface area contributed by atoms with E-state index in [0.717, 1.165) is 24.5 Å². The van der Waals surface area contributed by atoms with Gasteiger partial charge >= 0.3 is 0 Å². The summed E-state index contributed by atoms with van der Waals surface area (Å²) in [7, 11) is 1.68. The summed E-state index contributed by atoms with van der Waals surface area (Å²) < 4.78 is 5.47. The first kappa shape index (κ1) is 19.0. The van der Waals surface area contributed by atoms with Gasteiger partial charge in [0, 0.05) is 51.3 Å². The van der Waals surface area contributed by atoms with Gasteiger partial charge < -0.3 is 20.3 Å². The Hall–Kier alpha value is -1.32. The summed E-state index contributed by atoms with van der Waals surface area (Å²) >= 11 is 0. The second-order valence-electron chi connectivity index (χ2n) is 6.18. The molecule has 0 amide bonds. The molecule has 0 bridgehead atoms. The van der Waals surface area contributed by atoms with Gasteiger partial charge in [-0.2, -0.15) is 0 Å². The maximum absolute atomic E-state index is 8.74. The van der Waals surface area contributed by atoms with Crippen molar-refractivity contribution in [1.82, 2.24) is 0 Å². The van der Waals surface area contributed by atoms with Crippen LogP contribution in [0.25, 0.3) is 5.73 Å². The van der Waals surface area contributed by atoms with Crippen molar-refractivity contribution < 1.29 is 30.9 Å². The van der Waals surface area contributed by atoms with Crippen LogP contribution in [0.1, 0.15) is 16.7 Å². The molecule has 1 aliphatic heterocycles. The van der Waals surface area contributed by atoms with Gasteiger partial charge in [-0.15, -0.1) is 0 Å². The normalized spacial score (nSPS) is 17.0. The number of rotatable bonds is 3. The van der Waals surface area contributed by atoms with Crippen LogP contribution in [0.2, 0.25) is 0 Å². The average molecular weight is 402 g/mol. The maximum atomic E-state index is 8.74. The Morgan fingerprint density at radius 3 is 2.21 bits per heavy atom. The zero-order chi connectivity index (χ0) is 16.6. The molecule has 1 heterocycles. The molecule has 1 unspecified atom stereocenters. The van der Waals surface area contributed by atoms with Crippen molar-refractivity contribution in [2.24, 2.45) is 0 Å². The molecular weight excluding hydrogens is 377 g/mol. The zero-order valence-corrected chi connectivity index (χ0v) is 17.2. The summed E-state index contributed by atoms with van der Waals surface area (Å²) in [6.07, 6.45) is -0.439. The molecule has 0 saturated carbocycles. The van der Waals surface area contributed by atoms with Crippen LogP contribution in [0.15, 0.2) is 36.4 Å². The monoisotopic (exact) mass is 400 g/mol. The first-order chi connectivity index (χ1) is 11.0. The van der Waals surface area contributed by atoms with Crippen LogP contribution in [-0.4, -0.2) is 26.5 Å². The summed E-state index contributed by atoms with van der Waals surface area (Å²) in [4.78, 5) is 4.27. The number of nitrogens with zero attached hydrogens (tertiary/aromatic N) is 2. The summed E-state index contributed by atoms with van der Waals surface area (Å²) in [5.74, 6) is 0.823. The molecule has 3 rings (SSSR count). The molecule has 0 radical (unpaired) electrons. The van der Waals surface area contributed by atoms with E-state index in [1.807, 2.05) is 24.3 Å². The third kappa shape index (κ3) is 3.38. The molecule has 4 nitrogen and oxygen atoms in total. The van der Waals surface area contributed by atoms with Crippen LogP contribution in [-0.2, 0) is 26.2 Å². The Bertz CT molecular complexity index is 697. The minimum Gasteiger partial charge on any atom is -0.640 e. The van der Waals surface area contributed by atoms with Crippen LogP contribution >= 0.6 is 0 Å². The Morgan fingerprint density at radius 1 is 1.00 bits per heavy atom. The molecule has 24 heavy (non-hydrogen) atoms. The average Bonchev–Trinajstić information content (AvgIpc) is 2.88. The molecule has 2 aromatic rings. The summed E-state index contributed by atoms with van der Waals surface area (Å²) in [6.45, 7) is 8.05. The fourth-order valence-electron chi connectivity index (χ4n) is 3.61. The number of anilines is 2. The number of hydrogen-bond donors (Lipinski definition) is 0. The Kier molecular flexibility index (Phi) is 6.11. The van der Waals surface area contributed by atoms with Crippen molar-refractivity contribution in [3.63, 3.8) is 0 Å². The fourth-order valence-corrected chi connectivity index (χ4v) is 3.61. The maximum Gasteiger partial charge on any atom is 0.142 e. The van der Waals surface area contributed by atoms with Gasteiger partial charge in [-0.3, -0.25) is 0 Å². The minimum absolute atomic E-state index is 0. The van der Waals surface area contributed by atoms with Crippen molar-refractivity contribution in [3.8, 4) is 5.75 Å². The number of para-hydroxylation sites is 2. The summed E-state index contributed by atoms with van der Waals surface area (Å²) in [6, 6.07) is 12.3. The largest absolute Gasteiger partial charge is 0.640 e. The minimum atomic E-state index is -0.439. The Labute approximate surface area is 163 Å². The Balaban J connectivity index is 0.00000208. The topological polar surface area (TPSA) is 39.5 Å². The standard InChI is InChI=1S/C19H24N3O.Zr/c1-13-11-14(2)18(15(3)12-13)22-10-9-21(19(22)20)16-7-5-6-8-17(16)23-4;/h5-8,11-12,19-20H,9-10H2,1-4H3;/q-1;. The van der Waals surface area contributed by atoms with Gasteiger partial charge in [-0.05, 0) is 44.0 Å². The molecule has 0 spiro atoms. The first-order valence-electron chi connectivity index (χ1n) is 7.98. The number of methoxy groups -OCH3 is 1. The second kappa shape index (κ2) is 7.71. The number of aryl methyl sites for hydroxylation is 3.